The number of aromatic nitrogens is 3. The fourth-order valence-electron chi connectivity index (χ4n) is 2.73. The highest BCUT2D eigenvalue weighted by Crippen LogP contribution is 2.42. The van der Waals surface area contributed by atoms with Gasteiger partial charge in [-0.1, -0.05) is 6.07 Å². The molecule has 0 amide bonds. The number of carboxylic acids is 1. The van der Waals surface area contributed by atoms with Crippen molar-refractivity contribution < 1.29 is 9.90 Å². The highest BCUT2D eigenvalue weighted by Gasteiger charge is 2.31. The molecule has 0 atom stereocenters. The van der Waals surface area contributed by atoms with Crippen LogP contribution in [0.3, 0.4) is 0 Å². The van der Waals surface area contributed by atoms with E-state index in [4.69, 9.17) is 0 Å². The molecule has 2 heterocycles. The summed E-state index contributed by atoms with van der Waals surface area (Å²) in [4.78, 5) is 15.6. The summed E-state index contributed by atoms with van der Waals surface area (Å²) in [5.74, 6) is -0.908. The van der Waals surface area contributed by atoms with Gasteiger partial charge in [-0.25, -0.2) is 4.68 Å². The predicted octanol–water partition coefficient (Wildman–Crippen LogP) is 1.66. The Hall–Kier alpha value is -2.69. The van der Waals surface area contributed by atoms with Crippen LogP contribution in [-0.2, 0) is 0 Å². The third kappa shape index (κ3) is 1.89. The van der Waals surface area contributed by atoms with Gasteiger partial charge in [-0.2, -0.15) is 5.10 Å². The molecular weight excluding hydrogens is 266 g/mol. The molecule has 21 heavy (non-hydrogen) atoms. The zero-order valence-corrected chi connectivity index (χ0v) is 11.2. The lowest BCUT2D eigenvalue weighted by molar-refractivity contribution is -0.255. The predicted molar refractivity (Wildman–Crippen MR) is 75.2 cm³/mol. The molecule has 0 N–H and O–H groups in total. The third-order valence-electron chi connectivity index (χ3n) is 3.84. The van der Waals surface area contributed by atoms with Crippen LogP contribution in [-0.4, -0.2) is 20.7 Å². The normalized spacial score (nSPS) is 14.5. The van der Waals surface area contributed by atoms with Gasteiger partial charge in [-0.05, 0) is 37.1 Å². The van der Waals surface area contributed by atoms with Crippen molar-refractivity contribution in [2.24, 2.45) is 0 Å². The summed E-state index contributed by atoms with van der Waals surface area (Å²) in [7, 11) is 0. The summed E-state index contributed by atoms with van der Waals surface area (Å²) in [5, 5.41) is 16.5. The molecule has 5 heteroatoms. The number of benzene rings is 1. The molecule has 1 saturated carbocycles. The van der Waals surface area contributed by atoms with Crippen LogP contribution in [0.15, 0.2) is 42.7 Å². The van der Waals surface area contributed by atoms with Gasteiger partial charge in [0.05, 0.1) is 29.1 Å². The average molecular weight is 278 g/mol. The van der Waals surface area contributed by atoms with Gasteiger partial charge >= 0.3 is 0 Å². The molecule has 104 valence electrons. The topological polar surface area (TPSA) is 70.8 Å². The Labute approximate surface area is 120 Å². The first-order chi connectivity index (χ1) is 10.3. The molecule has 1 aliphatic rings. The van der Waals surface area contributed by atoms with E-state index in [-0.39, 0.29) is 11.5 Å². The summed E-state index contributed by atoms with van der Waals surface area (Å²) >= 11 is 0. The molecule has 0 saturated heterocycles. The van der Waals surface area contributed by atoms with Gasteiger partial charge in [-0.15, -0.1) is 0 Å². The van der Waals surface area contributed by atoms with Crippen LogP contribution in [0.2, 0.25) is 0 Å². The molecule has 5 nitrogen and oxygen atoms in total. The highest BCUT2D eigenvalue weighted by molar-refractivity contribution is 5.90. The van der Waals surface area contributed by atoms with Gasteiger partial charge in [-0.3, -0.25) is 4.98 Å². The average Bonchev–Trinajstić information content (AvgIpc) is 3.25. The van der Waals surface area contributed by atoms with E-state index in [9.17, 15) is 9.90 Å². The van der Waals surface area contributed by atoms with E-state index in [0.717, 1.165) is 35.1 Å². The number of pyridine rings is 1. The summed E-state index contributed by atoms with van der Waals surface area (Å²) in [5.41, 5.74) is 2.65. The van der Waals surface area contributed by atoms with E-state index in [1.807, 2.05) is 30.3 Å². The fraction of sp³-hybridized carbons (Fsp3) is 0.188. The molecule has 2 aromatic heterocycles. The minimum Gasteiger partial charge on any atom is -0.545 e. The molecule has 1 fully saturated rings. The SMILES string of the molecule is O=C([O-])c1cnn(-c2cccc3ncccc23)c1C1CC1. The van der Waals surface area contributed by atoms with Crippen molar-refractivity contribution in [1.29, 1.82) is 0 Å². The second-order valence-corrected chi connectivity index (χ2v) is 5.26. The Morgan fingerprint density at radius 1 is 1.24 bits per heavy atom. The maximum atomic E-state index is 11.3. The van der Waals surface area contributed by atoms with Crippen LogP contribution in [0.5, 0.6) is 0 Å². The van der Waals surface area contributed by atoms with Gasteiger partial charge in [0.1, 0.15) is 0 Å². The van der Waals surface area contributed by atoms with Gasteiger partial charge in [0, 0.05) is 23.1 Å². The van der Waals surface area contributed by atoms with Gasteiger partial charge in [0.25, 0.3) is 0 Å². The molecule has 0 spiro atoms. The van der Waals surface area contributed by atoms with Gasteiger partial charge in [0.15, 0.2) is 0 Å². The molecule has 1 aromatic carbocycles. The molecular formula is C16H12N3O2-. The van der Waals surface area contributed by atoms with Crippen molar-refractivity contribution in [3.8, 4) is 5.69 Å². The Kier molecular flexibility index (Phi) is 2.54. The Morgan fingerprint density at radius 2 is 2.10 bits per heavy atom. The van der Waals surface area contributed by atoms with E-state index in [1.54, 1.807) is 10.9 Å². The van der Waals surface area contributed by atoms with E-state index in [0.29, 0.717) is 0 Å². The van der Waals surface area contributed by atoms with Crippen LogP contribution in [0.1, 0.15) is 34.8 Å². The van der Waals surface area contributed by atoms with Crippen molar-refractivity contribution in [1.82, 2.24) is 14.8 Å². The first-order valence-electron chi connectivity index (χ1n) is 6.89. The van der Waals surface area contributed by atoms with E-state index < -0.39 is 5.97 Å². The van der Waals surface area contributed by atoms with Crippen LogP contribution >= 0.6 is 0 Å². The number of carboxylic acid groups (broad SMARTS) is 1. The molecule has 0 unspecified atom stereocenters. The fourth-order valence-corrected chi connectivity index (χ4v) is 2.73. The van der Waals surface area contributed by atoms with Crippen molar-refractivity contribution in [2.75, 3.05) is 0 Å². The second-order valence-electron chi connectivity index (χ2n) is 5.26. The minimum absolute atomic E-state index is 0.193. The molecule has 4 rings (SSSR count). The van der Waals surface area contributed by atoms with Crippen molar-refractivity contribution >= 4 is 16.9 Å². The molecule has 0 radical (unpaired) electrons. The van der Waals surface area contributed by atoms with Crippen LogP contribution in [0, 0.1) is 0 Å². The first-order valence-corrected chi connectivity index (χ1v) is 6.89. The number of fused-ring (bicyclic) bond motifs is 1. The number of nitrogens with zero attached hydrogens (tertiary/aromatic N) is 3. The van der Waals surface area contributed by atoms with Crippen LogP contribution in [0.25, 0.3) is 16.6 Å². The van der Waals surface area contributed by atoms with Gasteiger partial charge < -0.3 is 9.90 Å². The van der Waals surface area contributed by atoms with Crippen molar-refractivity contribution in [3.63, 3.8) is 0 Å². The van der Waals surface area contributed by atoms with E-state index in [2.05, 4.69) is 10.1 Å². The third-order valence-corrected chi connectivity index (χ3v) is 3.84. The van der Waals surface area contributed by atoms with E-state index >= 15 is 0 Å². The molecule has 0 bridgehead atoms. The monoisotopic (exact) mass is 278 g/mol. The van der Waals surface area contributed by atoms with E-state index in [1.165, 1.54) is 6.20 Å². The zero-order valence-electron chi connectivity index (χ0n) is 11.2. The number of carbonyl (C=O) groups excluding carboxylic acids is 1. The van der Waals surface area contributed by atoms with Crippen LogP contribution < -0.4 is 5.11 Å². The first kappa shape index (κ1) is 12.1. The Morgan fingerprint density at radius 3 is 2.86 bits per heavy atom. The summed E-state index contributed by atoms with van der Waals surface area (Å²) in [6, 6.07) is 9.60. The largest absolute Gasteiger partial charge is 0.545 e. The minimum atomic E-state index is -1.17. The number of aromatic carboxylic acids is 1. The standard InChI is InChI=1S/C16H13N3O2/c20-16(21)12-9-18-19(15(12)10-6-7-10)14-5-1-4-13-11(14)3-2-8-17-13/h1-5,8-10H,6-7H2,(H,20,21)/p-1. The Balaban J connectivity index is 1.99. The summed E-state index contributed by atoms with van der Waals surface area (Å²) < 4.78 is 1.73. The summed E-state index contributed by atoms with van der Waals surface area (Å²) in [6.45, 7) is 0. The number of hydrogen-bond donors (Lipinski definition) is 0. The number of carbonyl (C=O) groups is 1. The number of rotatable bonds is 3. The van der Waals surface area contributed by atoms with Crippen molar-refractivity contribution in [3.05, 3.63) is 54.0 Å². The van der Waals surface area contributed by atoms with Crippen LogP contribution in [0.4, 0.5) is 0 Å². The van der Waals surface area contributed by atoms with Crippen molar-refractivity contribution in [2.45, 2.75) is 18.8 Å². The second kappa shape index (κ2) is 4.41. The lowest BCUT2D eigenvalue weighted by Crippen LogP contribution is -2.23. The lowest BCUT2D eigenvalue weighted by Gasteiger charge is -2.11. The maximum Gasteiger partial charge on any atom is 0.0749 e. The molecule has 0 aliphatic heterocycles. The quantitative estimate of drug-likeness (QED) is 0.730. The highest BCUT2D eigenvalue weighted by atomic mass is 16.4. The molecule has 3 aromatic rings. The smallest absolute Gasteiger partial charge is 0.0749 e. The summed E-state index contributed by atoms with van der Waals surface area (Å²) in [6.07, 6.45) is 5.12. The van der Waals surface area contributed by atoms with Gasteiger partial charge in [0.2, 0.25) is 0 Å². The maximum absolute atomic E-state index is 11.3. The zero-order chi connectivity index (χ0) is 14.4. The number of hydrogen-bond acceptors (Lipinski definition) is 4. The molecule has 1 aliphatic carbocycles. The Bertz CT molecular complexity index is 844. The lowest BCUT2D eigenvalue weighted by atomic mass is 10.1.